The van der Waals surface area contributed by atoms with E-state index in [-0.39, 0.29) is 11.1 Å². The van der Waals surface area contributed by atoms with Crippen LogP contribution in [0.3, 0.4) is 0 Å². The molecule has 0 N–H and O–H groups in total. The summed E-state index contributed by atoms with van der Waals surface area (Å²) in [6, 6.07) is 0.588. The van der Waals surface area contributed by atoms with Gasteiger partial charge in [-0.15, -0.1) is 10.3 Å². The Balaban J connectivity index is 2.92. The second-order valence-corrected chi connectivity index (χ2v) is 7.48. The van der Waals surface area contributed by atoms with Crippen molar-refractivity contribution in [2.45, 2.75) is 71.0 Å². The zero-order chi connectivity index (χ0) is 13.5. The first-order valence-electron chi connectivity index (χ1n) is 6.83. The molecule has 3 heteroatoms. The molecule has 0 unspecified atom stereocenters. The Hall–Kier alpha value is -0.120. The second-order valence-electron chi connectivity index (χ2n) is 7.48. The van der Waals surface area contributed by atoms with Crippen molar-refractivity contribution in [1.29, 1.82) is 0 Å². The molecule has 1 radical (unpaired) electrons. The maximum atomic E-state index is 12.3. The summed E-state index contributed by atoms with van der Waals surface area (Å²) in [6.45, 7) is 11.8. The fourth-order valence-electron chi connectivity index (χ4n) is 3.46. The summed E-state index contributed by atoms with van der Waals surface area (Å²) in [4.78, 5) is 0. The van der Waals surface area contributed by atoms with E-state index in [2.05, 4.69) is 48.7 Å². The van der Waals surface area contributed by atoms with Crippen LogP contribution in [0.1, 0.15) is 53.9 Å². The molecule has 17 heavy (non-hydrogen) atoms. The minimum Gasteiger partial charge on any atom is -0.326 e. The van der Waals surface area contributed by atoms with E-state index in [0.717, 1.165) is 17.3 Å². The van der Waals surface area contributed by atoms with Crippen molar-refractivity contribution in [3.8, 4) is 0 Å². The Kier molecular flexibility index (Phi) is 3.98. The summed E-state index contributed by atoms with van der Waals surface area (Å²) < 4.78 is 1.04. The summed E-state index contributed by atoms with van der Waals surface area (Å²) in [7, 11) is 4.61. The van der Waals surface area contributed by atoms with Gasteiger partial charge >= 0.3 is 0 Å². The van der Waals surface area contributed by atoms with Gasteiger partial charge in [-0.25, -0.2) is 0 Å². The van der Waals surface area contributed by atoms with Crippen LogP contribution in [0.15, 0.2) is 0 Å². The average molecular weight is 242 g/mol. The largest absolute Gasteiger partial charge is 0.326 e. The topological polar surface area (TPSA) is 23.1 Å². The van der Waals surface area contributed by atoms with E-state index in [4.69, 9.17) is 0 Å². The number of hydrogen-bond donors (Lipinski definition) is 0. The quantitative estimate of drug-likeness (QED) is 0.698. The molecule has 1 aliphatic heterocycles. The molecular weight excluding hydrogens is 212 g/mol. The number of rotatable bonds is 3. The van der Waals surface area contributed by atoms with E-state index < -0.39 is 0 Å². The molecule has 0 bridgehead atoms. The van der Waals surface area contributed by atoms with Gasteiger partial charge in [0.05, 0.1) is 26.7 Å². The molecule has 1 heterocycles. The van der Waals surface area contributed by atoms with E-state index in [1.807, 2.05) is 0 Å². The summed E-state index contributed by atoms with van der Waals surface area (Å²) in [5.74, 6) is 0. The average Bonchev–Trinajstić information content (AvgIpc) is 2.13. The van der Waals surface area contributed by atoms with E-state index in [0.29, 0.717) is 6.04 Å². The van der Waals surface area contributed by atoms with Gasteiger partial charge in [-0.1, -0.05) is 6.92 Å². The number of piperidine rings is 1. The van der Waals surface area contributed by atoms with Crippen LogP contribution in [0.5, 0.6) is 0 Å². The van der Waals surface area contributed by atoms with Gasteiger partial charge in [0.2, 0.25) is 0 Å². The van der Waals surface area contributed by atoms with Crippen LogP contribution in [0.2, 0.25) is 0 Å². The molecule has 0 amide bonds. The highest BCUT2D eigenvalue weighted by Gasteiger charge is 2.50. The Morgan fingerprint density at radius 2 is 1.53 bits per heavy atom. The fraction of sp³-hybridized carbons (Fsp3) is 1.00. The highest BCUT2D eigenvalue weighted by molar-refractivity contribution is 4.96. The molecule has 1 fully saturated rings. The molecule has 0 spiro atoms. The molecule has 0 aromatic rings. The zero-order valence-corrected chi connectivity index (χ0v) is 12.7. The SMILES string of the molecule is CCC[N+](C)(C)C1CC(C)(C)N([O])C(C)(C)C1. The summed E-state index contributed by atoms with van der Waals surface area (Å²) in [6.07, 6.45) is 3.19. The van der Waals surface area contributed by atoms with E-state index >= 15 is 0 Å². The van der Waals surface area contributed by atoms with Crippen LogP contribution in [0.25, 0.3) is 0 Å². The van der Waals surface area contributed by atoms with Gasteiger partial charge in [0, 0.05) is 23.9 Å². The van der Waals surface area contributed by atoms with Crippen molar-refractivity contribution in [2.75, 3.05) is 20.6 Å². The molecule has 1 aliphatic rings. The highest BCUT2D eigenvalue weighted by Crippen LogP contribution is 2.40. The van der Waals surface area contributed by atoms with Gasteiger partial charge in [-0.3, -0.25) is 0 Å². The standard InChI is InChI=1S/C14H30N2O/c1-8-9-16(6,7)12-10-13(2,3)15(17)14(4,5)11-12/h12H,8-11H2,1-7H3/q+1. The van der Waals surface area contributed by atoms with Crippen LogP contribution < -0.4 is 0 Å². The smallest absolute Gasteiger partial charge is 0.0923 e. The van der Waals surface area contributed by atoms with Crippen LogP contribution in [0.4, 0.5) is 0 Å². The lowest BCUT2D eigenvalue weighted by atomic mass is 9.77. The first kappa shape index (κ1) is 14.9. The monoisotopic (exact) mass is 242 g/mol. The molecule has 0 aliphatic carbocycles. The molecule has 101 valence electrons. The van der Waals surface area contributed by atoms with Crippen molar-refractivity contribution in [1.82, 2.24) is 5.06 Å². The predicted octanol–water partition coefficient (Wildman–Crippen LogP) is 2.84. The molecule has 1 saturated heterocycles. The van der Waals surface area contributed by atoms with E-state index in [1.54, 1.807) is 0 Å². The third-order valence-corrected chi connectivity index (χ3v) is 4.36. The van der Waals surface area contributed by atoms with Crippen molar-refractivity contribution >= 4 is 0 Å². The van der Waals surface area contributed by atoms with Gasteiger partial charge in [0.15, 0.2) is 0 Å². The zero-order valence-electron chi connectivity index (χ0n) is 12.7. The van der Waals surface area contributed by atoms with Gasteiger partial charge < -0.3 is 4.48 Å². The third kappa shape index (κ3) is 3.01. The Labute approximate surface area is 107 Å². The molecule has 0 saturated carbocycles. The number of quaternary nitrogens is 1. The molecule has 3 nitrogen and oxygen atoms in total. The first-order valence-corrected chi connectivity index (χ1v) is 6.83. The lowest BCUT2D eigenvalue weighted by Crippen LogP contribution is -2.65. The normalized spacial score (nSPS) is 26.1. The molecule has 1 rings (SSSR count). The van der Waals surface area contributed by atoms with Crippen LogP contribution in [0, 0.1) is 0 Å². The summed E-state index contributed by atoms with van der Waals surface area (Å²) >= 11 is 0. The van der Waals surface area contributed by atoms with E-state index in [9.17, 15) is 5.21 Å². The maximum Gasteiger partial charge on any atom is 0.0923 e. The summed E-state index contributed by atoms with van der Waals surface area (Å²) in [5.41, 5.74) is -0.481. The Bertz CT molecular complexity index is 253. The molecule has 0 atom stereocenters. The first-order chi connectivity index (χ1) is 7.53. The third-order valence-electron chi connectivity index (χ3n) is 4.36. The Morgan fingerprint density at radius 1 is 1.12 bits per heavy atom. The fourth-order valence-corrected chi connectivity index (χ4v) is 3.46. The highest BCUT2D eigenvalue weighted by atomic mass is 16.5. The molecular formula is C14H30N2O+. The minimum atomic E-state index is -0.240. The molecule has 0 aromatic carbocycles. The van der Waals surface area contributed by atoms with Crippen molar-refractivity contribution in [2.24, 2.45) is 0 Å². The van der Waals surface area contributed by atoms with Crippen LogP contribution in [-0.4, -0.2) is 47.3 Å². The second kappa shape index (κ2) is 4.52. The maximum absolute atomic E-state index is 12.3. The van der Waals surface area contributed by atoms with Crippen LogP contribution >= 0.6 is 0 Å². The minimum absolute atomic E-state index is 0.240. The predicted molar refractivity (Wildman–Crippen MR) is 71.0 cm³/mol. The van der Waals surface area contributed by atoms with Gasteiger partial charge in [-0.05, 0) is 34.1 Å². The van der Waals surface area contributed by atoms with Crippen LogP contribution in [-0.2, 0) is 5.21 Å². The van der Waals surface area contributed by atoms with Gasteiger partial charge in [0.25, 0.3) is 0 Å². The number of hydrogen-bond acceptors (Lipinski definition) is 1. The van der Waals surface area contributed by atoms with Gasteiger partial charge in [-0.2, -0.15) is 0 Å². The van der Waals surface area contributed by atoms with Crippen molar-refractivity contribution < 1.29 is 9.69 Å². The van der Waals surface area contributed by atoms with Crippen molar-refractivity contribution in [3.05, 3.63) is 0 Å². The lowest BCUT2D eigenvalue weighted by Gasteiger charge is -2.53. The molecule has 0 aromatic heterocycles. The van der Waals surface area contributed by atoms with Gasteiger partial charge in [0.1, 0.15) is 0 Å². The summed E-state index contributed by atoms with van der Waals surface area (Å²) in [5, 5.41) is 13.6. The van der Waals surface area contributed by atoms with Crippen molar-refractivity contribution in [3.63, 3.8) is 0 Å². The van der Waals surface area contributed by atoms with E-state index in [1.165, 1.54) is 18.0 Å². The Morgan fingerprint density at radius 3 is 1.88 bits per heavy atom. The lowest BCUT2D eigenvalue weighted by molar-refractivity contribution is -0.918. The number of nitrogens with zero attached hydrogens (tertiary/aromatic N) is 2. The number of hydroxylamine groups is 2.